The number of carboxylic acids is 1. The maximum atomic E-state index is 12.7. The Morgan fingerprint density at radius 1 is 1.29 bits per heavy atom. The zero-order valence-corrected chi connectivity index (χ0v) is 9.28. The average molecular weight is 239 g/mol. The number of hydrogen-bond donors (Lipinski definition) is 2. The largest absolute Gasteiger partial charge is 0.478 e. The second kappa shape index (κ2) is 4.71. The van der Waals surface area contributed by atoms with E-state index in [1.54, 1.807) is 0 Å². The summed E-state index contributed by atoms with van der Waals surface area (Å²) < 4.78 is 18.3. The number of hydrogen-bond acceptors (Lipinski definition) is 3. The first kappa shape index (κ1) is 11.9. The molecule has 5 heteroatoms. The summed E-state index contributed by atoms with van der Waals surface area (Å²) in [6.45, 7) is 1.21. The van der Waals surface area contributed by atoms with E-state index in [1.807, 2.05) is 0 Å². The molecule has 1 saturated heterocycles. The van der Waals surface area contributed by atoms with Gasteiger partial charge in [0.25, 0.3) is 0 Å². The number of rotatable bonds is 3. The number of benzene rings is 1. The lowest BCUT2D eigenvalue weighted by atomic mass is 9.92. The molecular weight excluding hydrogens is 225 g/mol. The number of carbonyl (C=O) groups is 1. The molecule has 92 valence electrons. The number of piperidine rings is 1. The minimum atomic E-state index is -1.19. The third kappa shape index (κ3) is 2.55. The van der Waals surface area contributed by atoms with Crippen molar-refractivity contribution in [2.75, 3.05) is 13.1 Å². The van der Waals surface area contributed by atoms with Crippen LogP contribution in [-0.2, 0) is 4.79 Å². The van der Waals surface area contributed by atoms with Crippen LogP contribution in [0.4, 0.5) is 4.39 Å². The van der Waals surface area contributed by atoms with Gasteiger partial charge in [-0.15, -0.1) is 0 Å². The molecule has 1 aliphatic heterocycles. The summed E-state index contributed by atoms with van der Waals surface area (Å²) in [6.07, 6.45) is 0.805. The standard InChI is InChI=1S/C12H14FNO3/c13-9-1-3-10(4-2-9)17-12(11(15)16)5-7-14-8-6-12/h1-4,14H,5-8H2,(H,15,16). The summed E-state index contributed by atoms with van der Waals surface area (Å²) in [5.74, 6) is -0.953. The van der Waals surface area contributed by atoms with Crippen LogP contribution >= 0.6 is 0 Å². The van der Waals surface area contributed by atoms with E-state index in [-0.39, 0.29) is 5.82 Å². The Balaban J connectivity index is 2.17. The molecule has 0 saturated carbocycles. The van der Waals surface area contributed by atoms with Gasteiger partial charge in [-0.25, -0.2) is 9.18 Å². The topological polar surface area (TPSA) is 58.6 Å². The van der Waals surface area contributed by atoms with Gasteiger partial charge in [-0.05, 0) is 37.4 Å². The average Bonchev–Trinajstić information content (AvgIpc) is 2.33. The molecule has 0 bridgehead atoms. The predicted molar refractivity (Wildman–Crippen MR) is 59.5 cm³/mol. The Hall–Kier alpha value is -1.62. The lowest BCUT2D eigenvalue weighted by Crippen LogP contribution is -2.52. The molecule has 0 aromatic heterocycles. The van der Waals surface area contributed by atoms with Gasteiger partial charge in [0.05, 0.1) is 0 Å². The van der Waals surface area contributed by atoms with E-state index >= 15 is 0 Å². The van der Waals surface area contributed by atoms with Crippen molar-refractivity contribution in [1.29, 1.82) is 0 Å². The molecule has 0 amide bonds. The molecule has 17 heavy (non-hydrogen) atoms. The van der Waals surface area contributed by atoms with Crippen LogP contribution < -0.4 is 10.1 Å². The first-order valence-electron chi connectivity index (χ1n) is 5.51. The van der Waals surface area contributed by atoms with E-state index in [9.17, 15) is 14.3 Å². The maximum absolute atomic E-state index is 12.7. The Labute approximate surface area is 98.4 Å². The van der Waals surface area contributed by atoms with E-state index in [4.69, 9.17) is 4.74 Å². The van der Waals surface area contributed by atoms with Crippen molar-refractivity contribution in [2.45, 2.75) is 18.4 Å². The minimum absolute atomic E-state index is 0.368. The molecule has 1 aromatic rings. The summed E-state index contributed by atoms with van der Waals surface area (Å²) in [6, 6.07) is 5.40. The lowest BCUT2D eigenvalue weighted by Gasteiger charge is -2.34. The van der Waals surface area contributed by atoms with Crippen LogP contribution in [0.1, 0.15) is 12.8 Å². The fourth-order valence-electron chi connectivity index (χ4n) is 1.92. The van der Waals surface area contributed by atoms with Gasteiger partial charge in [-0.1, -0.05) is 0 Å². The summed E-state index contributed by atoms with van der Waals surface area (Å²) in [5, 5.41) is 12.4. The van der Waals surface area contributed by atoms with Gasteiger partial charge in [0, 0.05) is 12.8 Å². The Morgan fingerprint density at radius 2 is 1.88 bits per heavy atom. The normalized spacial score (nSPS) is 18.6. The molecule has 2 N–H and O–H groups in total. The van der Waals surface area contributed by atoms with Crippen LogP contribution in [0.3, 0.4) is 0 Å². The molecule has 1 fully saturated rings. The van der Waals surface area contributed by atoms with Crippen LogP contribution in [0.5, 0.6) is 5.75 Å². The summed E-state index contributed by atoms with van der Waals surface area (Å²) in [5.41, 5.74) is -1.19. The van der Waals surface area contributed by atoms with Gasteiger partial charge < -0.3 is 15.2 Å². The van der Waals surface area contributed by atoms with Gasteiger partial charge >= 0.3 is 5.97 Å². The van der Waals surface area contributed by atoms with Crippen LogP contribution in [-0.4, -0.2) is 29.8 Å². The summed E-state index contributed by atoms with van der Waals surface area (Å²) >= 11 is 0. The zero-order chi connectivity index (χ0) is 12.3. The van der Waals surface area contributed by atoms with Crippen LogP contribution in [0.25, 0.3) is 0 Å². The van der Waals surface area contributed by atoms with E-state index in [0.717, 1.165) is 0 Å². The first-order valence-corrected chi connectivity index (χ1v) is 5.51. The third-order valence-corrected chi connectivity index (χ3v) is 2.93. The van der Waals surface area contributed by atoms with Gasteiger partial charge in [0.1, 0.15) is 11.6 Å². The van der Waals surface area contributed by atoms with Crippen molar-refractivity contribution in [3.63, 3.8) is 0 Å². The number of aliphatic carboxylic acids is 1. The van der Waals surface area contributed by atoms with E-state index < -0.39 is 11.6 Å². The smallest absolute Gasteiger partial charge is 0.348 e. The molecule has 1 aromatic carbocycles. The van der Waals surface area contributed by atoms with Gasteiger partial charge in [-0.2, -0.15) is 0 Å². The lowest BCUT2D eigenvalue weighted by molar-refractivity contribution is -0.157. The van der Waals surface area contributed by atoms with E-state index in [0.29, 0.717) is 31.7 Å². The molecular formula is C12H14FNO3. The van der Waals surface area contributed by atoms with E-state index in [2.05, 4.69) is 5.32 Å². The first-order chi connectivity index (χ1) is 8.12. The van der Waals surface area contributed by atoms with Crippen LogP contribution in [0.15, 0.2) is 24.3 Å². The van der Waals surface area contributed by atoms with E-state index in [1.165, 1.54) is 24.3 Å². The fraction of sp³-hybridized carbons (Fsp3) is 0.417. The van der Waals surface area contributed by atoms with Crippen molar-refractivity contribution in [3.05, 3.63) is 30.1 Å². The monoisotopic (exact) mass is 239 g/mol. The maximum Gasteiger partial charge on any atom is 0.348 e. The van der Waals surface area contributed by atoms with Gasteiger partial charge in [0.2, 0.25) is 5.60 Å². The number of carboxylic acid groups (broad SMARTS) is 1. The highest BCUT2D eigenvalue weighted by Crippen LogP contribution is 2.26. The molecule has 1 aliphatic rings. The molecule has 0 atom stereocenters. The molecule has 0 aliphatic carbocycles. The second-order valence-electron chi connectivity index (χ2n) is 4.11. The number of halogens is 1. The van der Waals surface area contributed by atoms with Crippen molar-refractivity contribution >= 4 is 5.97 Å². The molecule has 0 unspecified atom stereocenters. The Bertz CT molecular complexity index is 399. The highest BCUT2D eigenvalue weighted by atomic mass is 19.1. The number of nitrogens with one attached hydrogen (secondary N) is 1. The minimum Gasteiger partial charge on any atom is -0.478 e. The van der Waals surface area contributed by atoms with Crippen molar-refractivity contribution in [3.8, 4) is 5.75 Å². The SMILES string of the molecule is O=C(O)C1(Oc2ccc(F)cc2)CCNCC1. The second-order valence-corrected chi connectivity index (χ2v) is 4.11. The fourth-order valence-corrected chi connectivity index (χ4v) is 1.92. The summed E-state index contributed by atoms with van der Waals surface area (Å²) in [4.78, 5) is 11.3. The Kier molecular flexibility index (Phi) is 3.28. The van der Waals surface area contributed by atoms with Crippen LogP contribution in [0, 0.1) is 5.82 Å². The molecule has 0 spiro atoms. The number of ether oxygens (including phenoxy) is 1. The quantitative estimate of drug-likeness (QED) is 0.837. The highest BCUT2D eigenvalue weighted by Gasteiger charge is 2.42. The molecule has 0 radical (unpaired) electrons. The van der Waals surface area contributed by atoms with Gasteiger partial charge in [0.15, 0.2) is 0 Å². The third-order valence-electron chi connectivity index (χ3n) is 2.93. The predicted octanol–water partition coefficient (Wildman–Crippen LogP) is 1.41. The molecule has 4 nitrogen and oxygen atoms in total. The van der Waals surface area contributed by atoms with Crippen LogP contribution in [0.2, 0.25) is 0 Å². The Morgan fingerprint density at radius 3 is 2.41 bits per heavy atom. The summed E-state index contributed by atoms with van der Waals surface area (Å²) in [7, 11) is 0. The van der Waals surface area contributed by atoms with Crippen molar-refractivity contribution in [1.82, 2.24) is 5.32 Å². The molecule has 1 heterocycles. The van der Waals surface area contributed by atoms with Crippen molar-refractivity contribution < 1.29 is 19.0 Å². The zero-order valence-electron chi connectivity index (χ0n) is 9.28. The van der Waals surface area contributed by atoms with Crippen molar-refractivity contribution in [2.24, 2.45) is 0 Å². The highest BCUT2D eigenvalue weighted by molar-refractivity contribution is 5.78. The van der Waals surface area contributed by atoms with Gasteiger partial charge in [-0.3, -0.25) is 0 Å². The molecule has 2 rings (SSSR count).